The molecule has 0 amide bonds. The zero-order valence-corrected chi connectivity index (χ0v) is 6.77. The summed E-state index contributed by atoms with van der Waals surface area (Å²) in [5.41, 5.74) is 0.854. The van der Waals surface area contributed by atoms with Gasteiger partial charge in [0, 0.05) is 0 Å². The van der Waals surface area contributed by atoms with E-state index < -0.39 is 11.9 Å². The van der Waals surface area contributed by atoms with Crippen LogP contribution in [0.25, 0.3) is 6.08 Å². The van der Waals surface area contributed by atoms with Gasteiger partial charge < -0.3 is 10.2 Å². The van der Waals surface area contributed by atoms with Crippen molar-refractivity contribution in [3.63, 3.8) is 0 Å². The second-order valence-electron chi connectivity index (χ2n) is 2.91. The fraction of sp³-hybridized carbons (Fsp3) is 0.100. The van der Waals surface area contributed by atoms with E-state index >= 15 is 0 Å². The fourth-order valence-electron chi connectivity index (χ4n) is 1.39. The summed E-state index contributed by atoms with van der Waals surface area (Å²) in [5, 5.41) is 18.6. The van der Waals surface area contributed by atoms with Crippen LogP contribution in [0.1, 0.15) is 15.9 Å². The average Bonchev–Trinajstić information content (AvgIpc) is 2.12. The van der Waals surface area contributed by atoms with Crippen LogP contribution in [0.3, 0.4) is 0 Å². The number of aromatic hydroxyl groups is 1. The largest absolute Gasteiger partial charge is 0.507 e. The third-order valence-corrected chi connectivity index (χ3v) is 2.05. The van der Waals surface area contributed by atoms with Crippen molar-refractivity contribution in [3.8, 4) is 5.75 Å². The summed E-state index contributed by atoms with van der Waals surface area (Å²) in [5.74, 6) is -0.526. The quantitative estimate of drug-likeness (QED) is 0.619. The number of aliphatic hydroxyl groups excluding tert-OH is 1. The Morgan fingerprint density at radius 2 is 2.08 bits per heavy atom. The summed E-state index contributed by atoms with van der Waals surface area (Å²) in [4.78, 5) is 11.4. The molecule has 66 valence electrons. The number of aliphatic hydroxyl groups is 1. The molecular formula is C10H8O3. The van der Waals surface area contributed by atoms with Gasteiger partial charge in [0.05, 0.1) is 5.56 Å². The maximum absolute atomic E-state index is 11.4. The maximum atomic E-state index is 11.4. The third kappa shape index (κ3) is 1.13. The van der Waals surface area contributed by atoms with E-state index in [0.717, 1.165) is 0 Å². The number of ketones is 1. The highest BCUT2D eigenvalue weighted by Crippen LogP contribution is 2.27. The Kier molecular flexibility index (Phi) is 1.67. The molecule has 1 unspecified atom stereocenters. The molecule has 0 saturated carbocycles. The van der Waals surface area contributed by atoms with Crippen molar-refractivity contribution in [2.24, 2.45) is 0 Å². The first kappa shape index (κ1) is 8.01. The van der Waals surface area contributed by atoms with Crippen LogP contribution in [0.15, 0.2) is 24.3 Å². The molecule has 1 aromatic rings. The van der Waals surface area contributed by atoms with Crippen molar-refractivity contribution in [1.82, 2.24) is 0 Å². The Bertz CT molecular complexity index is 393. The Morgan fingerprint density at radius 3 is 2.85 bits per heavy atom. The van der Waals surface area contributed by atoms with Gasteiger partial charge in [-0.15, -0.1) is 0 Å². The molecule has 0 bridgehead atoms. The highest BCUT2D eigenvalue weighted by atomic mass is 16.3. The molecule has 1 atom stereocenters. The molecule has 3 nitrogen and oxygen atoms in total. The number of carbonyl (C=O) groups excluding carboxylic acids is 1. The van der Waals surface area contributed by atoms with Crippen molar-refractivity contribution in [2.75, 3.05) is 0 Å². The zero-order valence-electron chi connectivity index (χ0n) is 6.77. The number of hydrogen-bond acceptors (Lipinski definition) is 3. The standard InChI is InChI=1S/C10H8O3/c11-7-3-1-2-6-4-5-8(12)10(13)9(6)7/h1-5,8,11-12H. The van der Waals surface area contributed by atoms with Gasteiger partial charge >= 0.3 is 0 Å². The molecule has 1 aliphatic carbocycles. The lowest BCUT2D eigenvalue weighted by atomic mass is 9.94. The maximum Gasteiger partial charge on any atom is 0.199 e. The number of carbonyl (C=O) groups is 1. The lowest BCUT2D eigenvalue weighted by molar-refractivity contribution is 0.0815. The van der Waals surface area contributed by atoms with Gasteiger partial charge in [-0.3, -0.25) is 4.79 Å². The van der Waals surface area contributed by atoms with Crippen LogP contribution in [0, 0.1) is 0 Å². The second-order valence-corrected chi connectivity index (χ2v) is 2.91. The predicted octanol–water partition coefficient (Wildman–Crippen LogP) is 0.963. The number of benzene rings is 1. The van der Waals surface area contributed by atoms with E-state index in [0.29, 0.717) is 5.56 Å². The number of rotatable bonds is 0. The molecule has 13 heavy (non-hydrogen) atoms. The van der Waals surface area contributed by atoms with Crippen molar-refractivity contribution < 1.29 is 15.0 Å². The number of phenolic OH excluding ortho intramolecular Hbond substituents is 1. The molecule has 1 aliphatic rings. The van der Waals surface area contributed by atoms with E-state index in [2.05, 4.69) is 0 Å². The minimum absolute atomic E-state index is 0.0779. The number of phenols is 1. The van der Waals surface area contributed by atoms with E-state index in [1.165, 1.54) is 12.1 Å². The van der Waals surface area contributed by atoms with Crippen LogP contribution in [0.4, 0.5) is 0 Å². The Balaban J connectivity index is 2.67. The van der Waals surface area contributed by atoms with Crippen molar-refractivity contribution in [2.45, 2.75) is 6.10 Å². The van der Waals surface area contributed by atoms with Crippen LogP contribution in [0.5, 0.6) is 5.75 Å². The van der Waals surface area contributed by atoms with E-state index in [1.54, 1.807) is 18.2 Å². The van der Waals surface area contributed by atoms with E-state index in [1.807, 2.05) is 0 Å². The van der Waals surface area contributed by atoms with Gasteiger partial charge in [0.15, 0.2) is 5.78 Å². The number of fused-ring (bicyclic) bond motifs is 1. The van der Waals surface area contributed by atoms with Gasteiger partial charge in [0.1, 0.15) is 11.9 Å². The average molecular weight is 176 g/mol. The van der Waals surface area contributed by atoms with Gasteiger partial charge in [-0.25, -0.2) is 0 Å². The third-order valence-electron chi connectivity index (χ3n) is 2.05. The SMILES string of the molecule is O=C1c2c(O)cccc2C=CC1O. The molecule has 0 aliphatic heterocycles. The Morgan fingerprint density at radius 1 is 1.31 bits per heavy atom. The molecular weight excluding hydrogens is 168 g/mol. The lowest BCUT2D eigenvalue weighted by Crippen LogP contribution is -2.21. The molecule has 0 radical (unpaired) electrons. The fourth-order valence-corrected chi connectivity index (χ4v) is 1.39. The van der Waals surface area contributed by atoms with Crippen LogP contribution < -0.4 is 0 Å². The van der Waals surface area contributed by atoms with Crippen LogP contribution in [-0.4, -0.2) is 22.1 Å². The summed E-state index contributed by atoms with van der Waals surface area (Å²) in [6.45, 7) is 0. The Labute approximate surface area is 74.9 Å². The molecule has 0 heterocycles. The van der Waals surface area contributed by atoms with Gasteiger partial charge in [0.2, 0.25) is 0 Å². The van der Waals surface area contributed by atoms with Gasteiger partial charge in [-0.05, 0) is 17.7 Å². The summed E-state index contributed by atoms with van der Waals surface area (Å²) < 4.78 is 0. The van der Waals surface area contributed by atoms with E-state index in [4.69, 9.17) is 0 Å². The summed E-state index contributed by atoms with van der Waals surface area (Å²) in [7, 11) is 0. The molecule has 0 fully saturated rings. The molecule has 3 heteroatoms. The topological polar surface area (TPSA) is 57.5 Å². The number of Topliss-reactive ketones (excluding diaryl/α,β-unsaturated/α-hetero) is 1. The molecule has 0 spiro atoms. The summed E-state index contributed by atoms with van der Waals surface area (Å²) in [6, 6.07) is 4.81. The minimum atomic E-state index is -1.12. The first-order valence-electron chi connectivity index (χ1n) is 3.92. The normalized spacial score (nSPS) is 20.1. The molecule has 0 aromatic heterocycles. The molecule has 1 aromatic carbocycles. The first-order chi connectivity index (χ1) is 6.20. The van der Waals surface area contributed by atoms with Crippen molar-refractivity contribution >= 4 is 11.9 Å². The van der Waals surface area contributed by atoms with Crippen molar-refractivity contribution in [1.29, 1.82) is 0 Å². The van der Waals surface area contributed by atoms with Crippen LogP contribution in [-0.2, 0) is 0 Å². The number of hydrogen-bond donors (Lipinski definition) is 2. The Hall–Kier alpha value is -1.61. The zero-order chi connectivity index (χ0) is 9.42. The van der Waals surface area contributed by atoms with E-state index in [9.17, 15) is 15.0 Å². The van der Waals surface area contributed by atoms with Gasteiger partial charge in [-0.1, -0.05) is 18.2 Å². The second kappa shape index (κ2) is 2.71. The highest BCUT2D eigenvalue weighted by molar-refractivity contribution is 6.07. The first-order valence-corrected chi connectivity index (χ1v) is 3.92. The lowest BCUT2D eigenvalue weighted by Gasteiger charge is -2.14. The molecule has 2 rings (SSSR count). The minimum Gasteiger partial charge on any atom is -0.507 e. The van der Waals surface area contributed by atoms with E-state index in [-0.39, 0.29) is 11.3 Å². The van der Waals surface area contributed by atoms with Gasteiger partial charge in [0.25, 0.3) is 0 Å². The summed E-state index contributed by atoms with van der Waals surface area (Å²) in [6.07, 6.45) is 1.91. The smallest absolute Gasteiger partial charge is 0.199 e. The van der Waals surface area contributed by atoms with Crippen LogP contribution in [0.2, 0.25) is 0 Å². The van der Waals surface area contributed by atoms with Crippen molar-refractivity contribution in [3.05, 3.63) is 35.4 Å². The van der Waals surface area contributed by atoms with Gasteiger partial charge in [-0.2, -0.15) is 0 Å². The molecule has 2 N–H and O–H groups in total. The molecule has 0 saturated heterocycles. The highest BCUT2D eigenvalue weighted by Gasteiger charge is 2.23. The predicted molar refractivity (Wildman–Crippen MR) is 47.5 cm³/mol. The van der Waals surface area contributed by atoms with Crippen LogP contribution >= 0.6 is 0 Å². The summed E-state index contributed by atoms with van der Waals surface area (Å²) >= 11 is 0. The monoisotopic (exact) mass is 176 g/mol.